The molecule has 1 heterocycles. The molecule has 0 aliphatic heterocycles. The van der Waals surface area contributed by atoms with Gasteiger partial charge in [-0.1, -0.05) is 5.16 Å². The van der Waals surface area contributed by atoms with Gasteiger partial charge in [0.05, 0.1) is 6.42 Å². The Labute approximate surface area is 87.2 Å². The van der Waals surface area contributed by atoms with Gasteiger partial charge < -0.3 is 9.84 Å². The molecule has 2 aliphatic carbocycles. The molecule has 0 unspecified atom stereocenters. The molecule has 5 heteroatoms. The summed E-state index contributed by atoms with van der Waals surface area (Å²) in [6.45, 7) is 0. The molecule has 80 valence electrons. The first-order chi connectivity index (χ1) is 7.31. The lowest BCUT2D eigenvalue weighted by atomic mass is 10.3. The zero-order valence-corrected chi connectivity index (χ0v) is 8.40. The maximum atomic E-state index is 11.4. The van der Waals surface area contributed by atoms with Crippen LogP contribution >= 0.6 is 0 Å². The third-order valence-corrected chi connectivity index (χ3v) is 2.67. The van der Waals surface area contributed by atoms with E-state index in [4.69, 9.17) is 4.52 Å². The Morgan fingerprint density at radius 1 is 1.40 bits per heavy atom. The van der Waals surface area contributed by atoms with Gasteiger partial charge in [-0.25, -0.2) is 0 Å². The van der Waals surface area contributed by atoms with Crippen molar-refractivity contribution in [2.24, 2.45) is 0 Å². The highest BCUT2D eigenvalue weighted by atomic mass is 16.5. The molecule has 3 rings (SSSR count). The predicted octanol–water partition coefficient (Wildman–Crippen LogP) is 0.768. The summed E-state index contributed by atoms with van der Waals surface area (Å²) >= 11 is 0. The quantitative estimate of drug-likeness (QED) is 0.791. The highest BCUT2D eigenvalue weighted by Gasteiger charge is 2.30. The number of carbonyl (C=O) groups is 1. The van der Waals surface area contributed by atoms with Gasteiger partial charge in [0.15, 0.2) is 5.82 Å². The van der Waals surface area contributed by atoms with Crippen LogP contribution in [0.2, 0.25) is 0 Å². The van der Waals surface area contributed by atoms with Crippen LogP contribution in [0.25, 0.3) is 0 Å². The van der Waals surface area contributed by atoms with E-state index in [0.717, 1.165) is 25.7 Å². The monoisotopic (exact) mass is 207 g/mol. The van der Waals surface area contributed by atoms with Crippen molar-refractivity contribution in [2.45, 2.75) is 44.1 Å². The molecule has 1 aromatic rings. The van der Waals surface area contributed by atoms with Gasteiger partial charge in [-0.3, -0.25) is 4.79 Å². The predicted molar refractivity (Wildman–Crippen MR) is 51.1 cm³/mol. The van der Waals surface area contributed by atoms with Gasteiger partial charge in [0.2, 0.25) is 11.8 Å². The fraction of sp³-hybridized carbons (Fsp3) is 0.700. The topological polar surface area (TPSA) is 68.0 Å². The second-order valence-electron chi connectivity index (χ2n) is 4.34. The molecule has 0 radical (unpaired) electrons. The van der Waals surface area contributed by atoms with E-state index in [1.54, 1.807) is 0 Å². The SMILES string of the molecule is O=C(Cc1noc(C2CC2)n1)NC1CC1. The van der Waals surface area contributed by atoms with E-state index in [9.17, 15) is 4.79 Å². The Kier molecular flexibility index (Phi) is 1.97. The number of amides is 1. The average molecular weight is 207 g/mol. The van der Waals surface area contributed by atoms with Crippen molar-refractivity contribution < 1.29 is 9.32 Å². The highest BCUT2D eigenvalue weighted by molar-refractivity contribution is 5.78. The summed E-state index contributed by atoms with van der Waals surface area (Å²) in [6.07, 6.45) is 4.72. The van der Waals surface area contributed by atoms with Crippen LogP contribution < -0.4 is 5.32 Å². The molecule has 0 aromatic carbocycles. The van der Waals surface area contributed by atoms with Crippen LogP contribution in [-0.4, -0.2) is 22.1 Å². The van der Waals surface area contributed by atoms with Crippen LogP contribution in [0.1, 0.15) is 43.3 Å². The number of aromatic nitrogens is 2. The number of nitrogens with one attached hydrogen (secondary N) is 1. The van der Waals surface area contributed by atoms with Crippen LogP contribution in [0.15, 0.2) is 4.52 Å². The smallest absolute Gasteiger partial charge is 0.229 e. The zero-order chi connectivity index (χ0) is 10.3. The molecule has 5 nitrogen and oxygen atoms in total. The van der Waals surface area contributed by atoms with E-state index in [2.05, 4.69) is 15.5 Å². The summed E-state index contributed by atoms with van der Waals surface area (Å²) in [7, 11) is 0. The first kappa shape index (κ1) is 8.88. The van der Waals surface area contributed by atoms with Gasteiger partial charge in [0, 0.05) is 12.0 Å². The first-order valence-electron chi connectivity index (χ1n) is 5.43. The summed E-state index contributed by atoms with van der Waals surface area (Å²) in [5, 5.41) is 6.69. The fourth-order valence-corrected chi connectivity index (χ4v) is 1.49. The summed E-state index contributed by atoms with van der Waals surface area (Å²) < 4.78 is 5.07. The number of carbonyl (C=O) groups excluding carboxylic acids is 1. The minimum absolute atomic E-state index is 0.000599. The third kappa shape index (κ3) is 2.16. The second kappa shape index (κ2) is 3.32. The summed E-state index contributed by atoms with van der Waals surface area (Å²) in [5.74, 6) is 1.66. The van der Waals surface area contributed by atoms with E-state index in [-0.39, 0.29) is 12.3 Å². The largest absolute Gasteiger partial charge is 0.353 e. The molecule has 0 spiro atoms. The lowest BCUT2D eigenvalue weighted by Gasteiger charge is -1.98. The van der Waals surface area contributed by atoms with Gasteiger partial charge in [0.1, 0.15) is 0 Å². The Bertz CT molecular complexity index is 380. The molecule has 15 heavy (non-hydrogen) atoms. The Hall–Kier alpha value is -1.39. The molecule has 2 saturated carbocycles. The number of nitrogens with zero attached hydrogens (tertiary/aromatic N) is 2. The highest BCUT2D eigenvalue weighted by Crippen LogP contribution is 2.38. The zero-order valence-electron chi connectivity index (χ0n) is 8.40. The van der Waals surface area contributed by atoms with Gasteiger partial charge in [-0.05, 0) is 25.7 Å². The van der Waals surface area contributed by atoms with E-state index in [0.29, 0.717) is 23.7 Å². The maximum absolute atomic E-state index is 11.4. The number of rotatable bonds is 4. The van der Waals surface area contributed by atoms with E-state index >= 15 is 0 Å². The molecule has 2 aliphatic rings. The van der Waals surface area contributed by atoms with Crippen molar-refractivity contribution in [3.8, 4) is 0 Å². The van der Waals surface area contributed by atoms with Crippen molar-refractivity contribution in [2.75, 3.05) is 0 Å². The number of hydrogen-bond acceptors (Lipinski definition) is 4. The molecular formula is C10H13N3O2. The molecule has 2 fully saturated rings. The van der Waals surface area contributed by atoms with Crippen LogP contribution in [-0.2, 0) is 11.2 Å². The van der Waals surface area contributed by atoms with Crippen molar-refractivity contribution in [1.29, 1.82) is 0 Å². The normalized spacial score (nSPS) is 20.3. The lowest BCUT2D eigenvalue weighted by Crippen LogP contribution is -2.27. The molecule has 0 bridgehead atoms. The van der Waals surface area contributed by atoms with Gasteiger partial charge in [-0.2, -0.15) is 4.98 Å². The summed E-state index contributed by atoms with van der Waals surface area (Å²) in [5.41, 5.74) is 0. The van der Waals surface area contributed by atoms with Crippen molar-refractivity contribution in [3.05, 3.63) is 11.7 Å². The van der Waals surface area contributed by atoms with Crippen LogP contribution in [0.5, 0.6) is 0 Å². The first-order valence-corrected chi connectivity index (χ1v) is 5.43. The van der Waals surface area contributed by atoms with Crippen molar-refractivity contribution in [1.82, 2.24) is 15.5 Å². The van der Waals surface area contributed by atoms with Crippen LogP contribution in [0, 0.1) is 0 Å². The third-order valence-electron chi connectivity index (χ3n) is 2.67. The van der Waals surface area contributed by atoms with Crippen LogP contribution in [0.4, 0.5) is 0 Å². The Balaban J connectivity index is 1.57. The fourth-order valence-electron chi connectivity index (χ4n) is 1.49. The Morgan fingerprint density at radius 2 is 2.20 bits per heavy atom. The van der Waals surface area contributed by atoms with Gasteiger partial charge >= 0.3 is 0 Å². The van der Waals surface area contributed by atoms with Crippen molar-refractivity contribution in [3.63, 3.8) is 0 Å². The summed E-state index contributed by atoms with van der Waals surface area (Å²) in [4.78, 5) is 15.6. The molecule has 0 saturated heterocycles. The maximum Gasteiger partial charge on any atom is 0.229 e. The average Bonchev–Trinajstić information content (AvgIpc) is 3.09. The summed E-state index contributed by atoms with van der Waals surface area (Å²) in [6, 6.07) is 0.396. The molecule has 0 atom stereocenters. The van der Waals surface area contributed by atoms with Crippen molar-refractivity contribution >= 4 is 5.91 Å². The minimum atomic E-state index is 0.000599. The lowest BCUT2D eigenvalue weighted by molar-refractivity contribution is -0.120. The molecule has 1 N–H and O–H groups in total. The molecular weight excluding hydrogens is 194 g/mol. The standard InChI is InChI=1S/C10H13N3O2/c14-9(11-7-3-4-7)5-8-12-10(15-13-8)6-1-2-6/h6-7H,1-5H2,(H,11,14). The van der Waals surface area contributed by atoms with E-state index in [1.807, 2.05) is 0 Å². The molecule has 1 aromatic heterocycles. The number of hydrogen-bond donors (Lipinski definition) is 1. The Morgan fingerprint density at radius 3 is 2.87 bits per heavy atom. The van der Waals surface area contributed by atoms with Gasteiger partial charge in [-0.15, -0.1) is 0 Å². The minimum Gasteiger partial charge on any atom is -0.353 e. The second-order valence-corrected chi connectivity index (χ2v) is 4.34. The van der Waals surface area contributed by atoms with Gasteiger partial charge in [0.25, 0.3) is 0 Å². The van der Waals surface area contributed by atoms with E-state index < -0.39 is 0 Å². The van der Waals surface area contributed by atoms with Crippen LogP contribution in [0.3, 0.4) is 0 Å². The molecule has 1 amide bonds. The van der Waals surface area contributed by atoms with E-state index in [1.165, 1.54) is 0 Å².